The van der Waals surface area contributed by atoms with Crippen molar-refractivity contribution < 1.29 is 9.59 Å². The second-order valence-electron chi connectivity index (χ2n) is 4.68. The molecule has 2 amide bonds. The van der Waals surface area contributed by atoms with Gasteiger partial charge in [0, 0.05) is 31.5 Å². The molecule has 0 atom stereocenters. The molecule has 1 heterocycles. The highest BCUT2D eigenvalue weighted by Crippen LogP contribution is 2.11. The van der Waals surface area contributed by atoms with Crippen LogP contribution >= 0.6 is 11.6 Å². The molecular weight excluding hydrogens is 292 g/mol. The second kappa shape index (κ2) is 6.41. The maximum atomic E-state index is 11.8. The van der Waals surface area contributed by atoms with E-state index in [2.05, 4.69) is 10.4 Å². The fraction of sp³-hybridized carbons (Fsp3) is 0.214. The topological polar surface area (TPSA) is 67.2 Å². The molecule has 0 fully saturated rings. The summed E-state index contributed by atoms with van der Waals surface area (Å²) >= 11 is 5.73. The van der Waals surface area contributed by atoms with Crippen molar-refractivity contribution in [3.8, 4) is 0 Å². The quantitative estimate of drug-likeness (QED) is 0.938. The third-order valence-corrected chi connectivity index (χ3v) is 2.92. The molecule has 21 heavy (non-hydrogen) atoms. The first kappa shape index (κ1) is 15.1. The molecule has 110 valence electrons. The number of carbonyl (C=O) groups is 2. The molecule has 0 radical (unpaired) electrons. The van der Waals surface area contributed by atoms with Crippen LogP contribution in [0.1, 0.15) is 10.4 Å². The summed E-state index contributed by atoms with van der Waals surface area (Å²) in [5.41, 5.74) is 1.19. The van der Waals surface area contributed by atoms with E-state index in [0.717, 1.165) is 0 Å². The smallest absolute Gasteiger partial charge is 0.253 e. The number of aromatic nitrogens is 2. The van der Waals surface area contributed by atoms with Gasteiger partial charge in [-0.25, -0.2) is 0 Å². The Morgan fingerprint density at radius 3 is 2.48 bits per heavy atom. The van der Waals surface area contributed by atoms with E-state index in [9.17, 15) is 9.59 Å². The van der Waals surface area contributed by atoms with E-state index in [1.807, 2.05) is 0 Å². The molecule has 2 aromatic rings. The van der Waals surface area contributed by atoms with E-state index >= 15 is 0 Å². The van der Waals surface area contributed by atoms with Gasteiger partial charge >= 0.3 is 0 Å². The summed E-state index contributed by atoms with van der Waals surface area (Å²) in [6, 6.07) is 6.71. The number of nitrogens with zero attached hydrogens (tertiary/aromatic N) is 3. The highest BCUT2D eigenvalue weighted by atomic mass is 35.5. The summed E-state index contributed by atoms with van der Waals surface area (Å²) < 4.78 is 1.45. The van der Waals surface area contributed by atoms with Gasteiger partial charge in [-0.15, -0.1) is 0 Å². The van der Waals surface area contributed by atoms with Crippen molar-refractivity contribution in [1.82, 2.24) is 14.7 Å². The number of amides is 2. The Bertz CT molecular complexity index is 649. The van der Waals surface area contributed by atoms with Crippen LogP contribution in [0.4, 0.5) is 5.69 Å². The lowest BCUT2D eigenvalue weighted by molar-refractivity contribution is -0.116. The summed E-state index contributed by atoms with van der Waals surface area (Å²) in [5.74, 6) is -0.305. The summed E-state index contributed by atoms with van der Waals surface area (Å²) in [6.45, 7) is 0.0745. The molecule has 0 aliphatic carbocycles. The van der Waals surface area contributed by atoms with E-state index < -0.39 is 0 Å². The normalized spacial score (nSPS) is 10.2. The fourth-order valence-corrected chi connectivity index (χ4v) is 1.88. The van der Waals surface area contributed by atoms with E-state index in [0.29, 0.717) is 16.3 Å². The molecule has 0 bridgehead atoms. The minimum Gasteiger partial charge on any atom is -0.345 e. The van der Waals surface area contributed by atoms with Crippen LogP contribution in [-0.2, 0) is 11.3 Å². The molecule has 0 aliphatic rings. The molecule has 1 N–H and O–H groups in total. The van der Waals surface area contributed by atoms with E-state index in [1.165, 1.54) is 15.8 Å². The summed E-state index contributed by atoms with van der Waals surface area (Å²) in [4.78, 5) is 25.1. The lowest BCUT2D eigenvalue weighted by Gasteiger charge is -2.11. The van der Waals surface area contributed by atoms with E-state index in [4.69, 9.17) is 11.6 Å². The highest BCUT2D eigenvalue weighted by Gasteiger charge is 2.09. The molecule has 6 nitrogen and oxygen atoms in total. The number of nitrogens with one attached hydrogen (secondary N) is 1. The minimum atomic E-state index is -0.221. The van der Waals surface area contributed by atoms with Crippen molar-refractivity contribution in [3.63, 3.8) is 0 Å². The van der Waals surface area contributed by atoms with Crippen molar-refractivity contribution in [2.75, 3.05) is 19.4 Å². The summed E-state index contributed by atoms with van der Waals surface area (Å²) in [5, 5.41) is 7.14. The Kier molecular flexibility index (Phi) is 4.59. The average molecular weight is 307 g/mol. The molecule has 0 saturated carbocycles. The van der Waals surface area contributed by atoms with Gasteiger partial charge in [0.2, 0.25) is 5.91 Å². The van der Waals surface area contributed by atoms with Gasteiger partial charge in [-0.2, -0.15) is 5.10 Å². The number of halogens is 1. The molecule has 1 aromatic heterocycles. The Morgan fingerprint density at radius 1 is 1.29 bits per heavy atom. The van der Waals surface area contributed by atoms with E-state index in [1.54, 1.807) is 44.6 Å². The van der Waals surface area contributed by atoms with Gasteiger partial charge in [0.1, 0.15) is 6.54 Å². The Hall–Kier alpha value is -2.34. The van der Waals surface area contributed by atoms with Crippen LogP contribution in [-0.4, -0.2) is 40.6 Å². The van der Waals surface area contributed by atoms with Gasteiger partial charge in [0.25, 0.3) is 5.91 Å². The molecular formula is C14H15ClN4O2. The predicted molar refractivity (Wildman–Crippen MR) is 80.3 cm³/mol. The van der Waals surface area contributed by atoms with Crippen LogP contribution in [0.15, 0.2) is 36.7 Å². The number of rotatable bonds is 4. The Balaban J connectivity index is 1.97. The van der Waals surface area contributed by atoms with Crippen LogP contribution in [0, 0.1) is 0 Å². The van der Waals surface area contributed by atoms with Crippen LogP contribution in [0.3, 0.4) is 0 Å². The van der Waals surface area contributed by atoms with Gasteiger partial charge in [-0.3, -0.25) is 14.3 Å². The predicted octanol–water partition coefficient (Wildman–Crippen LogP) is 1.88. The van der Waals surface area contributed by atoms with Gasteiger partial charge in [-0.05, 0) is 24.3 Å². The zero-order chi connectivity index (χ0) is 15.4. The summed E-state index contributed by atoms with van der Waals surface area (Å²) in [6.07, 6.45) is 3.04. The lowest BCUT2D eigenvalue weighted by atomic mass is 10.2. The lowest BCUT2D eigenvalue weighted by Crippen LogP contribution is -2.22. The first-order valence-corrected chi connectivity index (χ1v) is 6.63. The number of benzene rings is 1. The monoisotopic (exact) mass is 306 g/mol. The molecule has 2 rings (SSSR count). The van der Waals surface area contributed by atoms with Crippen molar-refractivity contribution in [1.29, 1.82) is 0 Å². The molecule has 0 unspecified atom stereocenters. The van der Waals surface area contributed by atoms with Crippen LogP contribution < -0.4 is 5.32 Å². The first-order chi connectivity index (χ1) is 9.95. The number of hydrogen-bond donors (Lipinski definition) is 1. The maximum absolute atomic E-state index is 11.8. The van der Waals surface area contributed by atoms with Crippen LogP contribution in [0.5, 0.6) is 0 Å². The highest BCUT2D eigenvalue weighted by molar-refractivity contribution is 6.30. The molecule has 0 saturated heterocycles. The summed E-state index contributed by atoms with van der Waals surface area (Å²) in [7, 11) is 3.38. The van der Waals surface area contributed by atoms with Crippen molar-refractivity contribution in [3.05, 3.63) is 47.2 Å². The van der Waals surface area contributed by atoms with Crippen LogP contribution in [0.2, 0.25) is 5.02 Å². The molecule has 0 aliphatic heterocycles. The maximum Gasteiger partial charge on any atom is 0.253 e. The minimum absolute atomic E-state index is 0.0745. The Labute approximate surface area is 127 Å². The largest absolute Gasteiger partial charge is 0.345 e. The van der Waals surface area contributed by atoms with Gasteiger partial charge in [0.05, 0.1) is 11.2 Å². The van der Waals surface area contributed by atoms with Crippen molar-refractivity contribution in [2.45, 2.75) is 6.54 Å². The van der Waals surface area contributed by atoms with E-state index in [-0.39, 0.29) is 18.4 Å². The number of carbonyl (C=O) groups excluding carboxylic acids is 2. The van der Waals surface area contributed by atoms with Crippen molar-refractivity contribution in [2.24, 2.45) is 0 Å². The first-order valence-electron chi connectivity index (χ1n) is 6.25. The third kappa shape index (κ3) is 4.06. The molecule has 7 heteroatoms. The standard InChI is InChI=1S/C14H15ClN4O2/c1-18(2)14(21)10-3-5-12(6-4-10)17-13(20)9-19-8-11(15)7-16-19/h3-8H,9H2,1-2H3,(H,17,20). The van der Waals surface area contributed by atoms with Gasteiger partial charge in [-0.1, -0.05) is 11.6 Å². The van der Waals surface area contributed by atoms with Crippen molar-refractivity contribution >= 4 is 29.1 Å². The van der Waals surface area contributed by atoms with Gasteiger partial charge < -0.3 is 10.2 Å². The second-order valence-corrected chi connectivity index (χ2v) is 5.12. The third-order valence-electron chi connectivity index (χ3n) is 2.73. The molecule has 0 spiro atoms. The van der Waals surface area contributed by atoms with Crippen LogP contribution in [0.25, 0.3) is 0 Å². The SMILES string of the molecule is CN(C)C(=O)c1ccc(NC(=O)Cn2cc(Cl)cn2)cc1. The fourth-order valence-electron chi connectivity index (χ4n) is 1.73. The Morgan fingerprint density at radius 2 is 1.95 bits per heavy atom. The van der Waals surface area contributed by atoms with Gasteiger partial charge in [0.15, 0.2) is 0 Å². The zero-order valence-electron chi connectivity index (χ0n) is 11.7. The number of hydrogen-bond acceptors (Lipinski definition) is 3. The zero-order valence-corrected chi connectivity index (χ0v) is 12.5. The number of anilines is 1. The average Bonchev–Trinajstić information content (AvgIpc) is 2.83. The molecule has 1 aromatic carbocycles.